The van der Waals surface area contributed by atoms with E-state index in [9.17, 15) is 0 Å². The van der Waals surface area contributed by atoms with E-state index in [-0.39, 0.29) is 0 Å². The monoisotopic (exact) mass is 241 g/mol. The summed E-state index contributed by atoms with van der Waals surface area (Å²) in [4.78, 5) is 4.34. The fraction of sp³-hybridized carbons (Fsp3) is 0.308. The van der Waals surface area contributed by atoms with Gasteiger partial charge in [-0.3, -0.25) is 4.68 Å². The van der Waals surface area contributed by atoms with Gasteiger partial charge in [0.25, 0.3) is 0 Å². The molecule has 0 atom stereocenters. The van der Waals surface area contributed by atoms with Gasteiger partial charge in [-0.25, -0.2) is 4.98 Å². The molecular formula is C13H15N5. The lowest BCUT2D eigenvalue weighted by Gasteiger charge is -2.05. The van der Waals surface area contributed by atoms with Gasteiger partial charge in [0.1, 0.15) is 5.82 Å². The summed E-state index contributed by atoms with van der Waals surface area (Å²) in [6, 6.07) is 5.66. The zero-order valence-electron chi connectivity index (χ0n) is 10.5. The third-order valence-corrected chi connectivity index (χ3v) is 2.56. The molecule has 18 heavy (non-hydrogen) atoms. The molecule has 2 heterocycles. The van der Waals surface area contributed by atoms with Gasteiger partial charge in [-0.05, 0) is 31.0 Å². The van der Waals surface area contributed by atoms with Crippen molar-refractivity contribution in [1.82, 2.24) is 14.8 Å². The molecule has 92 valence electrons. The highest BCUT2D eigenvalue weighted by atomic mass is 15.2. The number of aryl methyl sites for hydroxylation is 2. The minimum absolute atomic E-state index is 0.631. The predicted octanol–water partition coefficient (Wildman–Crippen LogP) is 1.65. The number of nitriles is 1. The molecule has 0 saturated carbocycles. The first-order valence-corrected chi connectivity index (χ1v) is 5.77. The summed E-state index contributed by atoms with van der Waals surface area (Å²) in [5, 5.41) is 16.2. The Morgan fingerprint density at radius 2 is 2.28 bits per heavy atom. The molecule has 0 bridgehead atoms. The predicted molar refractivity (Wildman–Crippen MR) is 69.1 cm³/mol. The van der Waals surface area contributed by atoms with Gasteiger partial charge in [-0.2, -0.15) is 10.4 Å². The van der Waals surface area contributed by atoms with E-state index in [0.29, 0.717) is 5.56 Å². The molecule has 0 aromatic carbocycles. The lowest BCUT2D eigenvalue weighted by atomic mass is 10.2. The number of pyridine rings is 1. The second-order valence-corrected chi connectivity index (χ2v) is 4.19. The second kappa shape index (κ2) is 5.32. The van der Waals surface area contributed by atoms with E-state index in [1.165, 1.54) is 5.56 Å². The number of anilines is 1. The Labute approximate surface area is 106 Å². The topological polar surface area (TPSA) is 66.5 Å². The normalized spacial score (nSPS) is 10.1. The van der Waals surface area contributed by atoms with Gasteiger partial charge in [-0.15, -0.1) is 0 Å². The van der Waals surface area contributed by atoms with Crippen LogP contribution in [0.5, 0.6) is 0 Å². The van der Waals surface area contributed by atoms with Crippen molar-refractivity contribution in [2.24, 2.45) is 7.05 Å². The summed E-state index contributed by atoms with van der Waals surface area (Å²) in [5.74, 6) is 0.746. The Balaban J connectivity index is 1.94. The zero-order chi connectivity index (χ0) is 13.0. The van der Waals surface area contributed by atoms with Gasteiger partial charge in [0.05, 0.1) is 17.8 Å². The van der Waals surface area contributed by atoms with Crippen molar-refractivity contribution < 1.29 is 0 Å². The van der Waals surface area contributed by atoms with E-state index in [0.717, 1.165) is 24.5 Å². The van der Waals surface area contributed by atoms with E-state index in [1.54, 1.807) is 16.8 Å². The number of rotatable bonds is 4. The molecule has 2 aromatic heterocycles. The van der Waals surface area contributed by atoms with Crippen molar-refractivity contribution in [3.05, 3.63) is 41.3 Å². The average molecular weight is 241 g/mol. The van der Waals surface area contributed by atoms with Crippen LogP contribution in [-0.4, -0.2) is 21.3 Å². The highest BCUT2D eigenvalue weighted by Gasteiger charge is 2.00. The molecule has 1 N–H and O–H groups in total. The molecule has 0 saturated heterocycles. The Kier molecular flexibility index (Phi) is 3.58. The Morgan fingerprint density at radius 3 is 2.94 bits per heavy atom. The first-order chi connectivity index (χ1) is 8.67. The van der Waals surface area contributed by atoms with Crippen LogP contribution in [0, 0.1) is 18.3 Å². The molecule has 0 aliphatic heterocycles. The van der Waals surface area contributed by atoms with Gasteiger partial charge in [-0.1, -0.05) is 0 Å². The largest absolute Gasteiger partial charge is 0.370 e. The summed E-state index contributed by atoms with van der Waals surface area (Å²) >= 11 is 0. The maximum absolute atomic E-state index is 8.88. The van der Waals surface area contributed by atoms with E-state index in [4.69, 9.17) is 5.26 Å². The quantitative estimate of drug-likeness (QED) is 0.883. The Morgan fingerprint density at radius 1 is 1.44 bits per heavy atom. The van der Waals surface area contributed by atoms with Crippen LogP contribution in [-0.2, 0) is 13.5 Å². The first kappa shape index (κ1) is 12.1. The van der Waals surface area contributed by atoms with E-state index in [1.807, 2.05) is 26.4 Å². The molecule has 0 spiro atoms. The van der Waals surface area contributed by atoms with Gasteiger partial charge in [0.15, 0.2) is 0 Å². The molecule has 2 aromatic rings. The minimum atomic E-state index is 0.631. The minimum Gasteiger partial charge on any atom is -0.370 e. The molecule has 0 amide bonds. The fourth-order valence-corrected chi connectivity index (χ4v) is 1.76. The number of aromatic nitrogens is 3. The summed E-state index contributed by atoms with van der Waals surface area (Å²) in [6.45, 7) is 2.65. The van der Waals surface area contributed by atoms with E-state index >= 15 is 0 Å². The van der Waals surface area contributed by atoms with Gasteiger partial charge in [0.2, 0.25) is 0 Å². The number of hydrogen-bond acceptors (Lipinski definition) is 4. The third kappa shape index (κ3) is 3.08. The summed E-state index contributed by atoms with van der Waals surface area (Å²) in [6.07, 6.45) is 4.73. The van der Waals surface area contributed by atoms with Crippen LogP contribution in [0.1, 0.15) is 16.8 Å². The Bertz CT molecular complexity index is 579. The summed E-state index contributed by atoms with van der Waals surface area (Å²) in [7, 11) is 1.90. The number of nitrogens with zero attached hydrogens (tertiary/aromatic N) is 4. The Hall–Kier alpha value is -2.35. The SMILES string of the molecule is Cc1cc(C#N)cc(NCCc2cnn(C)c2)n1. The van der Waals surface area contributed by atoms with E-state index < -0.39 is 0 Å². The van der Waals surface area contributed by atoms with Crippen molar-refractivity contribution in [2.75, 3.05) is 11.9 Å². The number of nitrogens with one attached hydrogen (secondary N) is 1. The standard InChI is InChI=1S/C13H15N5/c1-10-5-12(7-14)6-13(17-10)15-4-3-11-8-16-18(2)9-11/h5-6,8-9H,3-4H2,1-2H3,(H,15,17). The molecule has 2 rings (SSSR count). The van der Waals surface area contributed by atoms with Crippen LogP contribution in [0.25, 0.3) is 0 Å². The van der Waals surface area contributed by atoms with Crippen molar-refractivity contribution in [3.63, 3.8) is 0 Å². The second-order valence-electron chi connectivity index (χ2n) is 4.19. The maximum atomic E-state index is 8.88. The lowest BCUT2D eigenvalue weighted by molar-refractivity contribution is 0.767. The van der Waals surface area contributed by atoms with Crippen LogP contribution in [0.4, 0.5) is 5.82 Å². The van der Waals surface area contributed by atoms with Gasteiger partial charge >= 0.3 is 0 Å². The summed E-state index contributed by atoms with van der Waals surface area (Å²) < 4.78 is 1.79. The van der Waals surface area contributed by atoms with Crippen LogP contribution >= 0.6 is 0 Å². The van der Waals surface area contributed by atoms with Crippen LogP contribution < -0.4 is 5.32 Å². The molecular weight excluding hydrogens is 226 g/mol. The van der Waals surface area contributed by atoms with Gasteiger partial charge < -0.3 is 5.32 Å². The highest BCUT2D eigenvalue weighted by molar-refractivity contribution is 5.44. The molecule has 5 nitrogen and oxygen atoms in total. The fourth-order valence-electron chi connectivity index (χ4n) is 1.76. The molecule has 0 unspecified atom stereocenters. The number of hydrogen-bond donors (Lipinski definition) is 1. The first-order valence-electron chi connectivity index (χ1n) is 5.77. The van der Waals surface area contributed by atoms with Crippen molar-refractivity contribution in [3.8, 4) is 6.07 Å². The van der Waals surface area contributed by atoms with Crippen molar-refractivity contribution in [1.29, 1.82) is 5.26 Å². The molecule has 0 aliphatic rings. The van der Waals surface area contributed by atoms with Crippen LogP contribution in [0.2, 0.25) is 0 Å². The van der Waals surface area contributed by atoms with Gasteiger partial charge in [0, 0.05) is 25.5 Å². The van der Waals surface area contributed by atoms with Crippen molar-refractivity contribution >= 4 is 5.82 Å². The van der Waals surface area contributed by atoms with Crippen LogP contribution in [0.15, 0.2) is 24.5 Å². The molecule has 5 heteroatoms. The highest BCUT2D eigenvalue weighted by Crippen LogP contribution is 2.09. The van der Waals surface area contributed by atoms with E-state index in [2.05, 4.69) is 21.5 Å². The van der Waals surface area contributed by atoms with Crippen molar-refractivity contribution in [2.45, 2.75) is 13.3 Å². The molecule has 0 aliphatic carbocycles. The zero-order valence-corrected chi connectivity index (χ0v) is 10.5. The smallest absolute Gasteiger partial charge is 0.127 e. The average Bonchev–Trinajstić information content (AvgIpc) is 2.74. The molecule has 0 radical (unpaired) electrons. The lowest BCUT2D eigenvalue weighted by Crippen LogP contribution is -2.06. The maximum Gasteiger partial charge on any atom is 0.127 e. The summed E-state index contributed by atoms with van der Waals surface area (Å²) in [5.41, 5.74) is 2.66. The molecule has 0 fully saturated rings. The third-order valence-electron chi connectivity index (χ3n) is 2.56. The van der Waals surface area contributed by atoms with Crippen LogP contribution in [0.3, 0.4) is 0 Å².